The number of likely N-dealkylation sites (tertiary alicyclic amines) is 1. The first-order valence-corrected chi connectivity index (χ1v) is 4.62. The topological polar surface area (TPSA) is 55.6 Å². The molecule has 2 N–H and O–H groups in total. The largest absolute Gasteiger partial charge is 0.430 e. The van der Waals surface area contributed by atoms with Gasteiger partial charge in [0.15, 0.2) is 6.23 Å². The van der Waals surface area contributed by atoms with Gasteiger partial charge in [-0.3, -0.25) is 5.73 Å². The van der Waals surface area contributed by atoms with Crippen LogP contribution in [0, 0.1) is 5.41 Å². The van der Waals surface area contributed by atoms with E-state index >= 15 is 0 Å². The summed E-state index contributed by atoms with van der Waals surface area (Å²) in [6.07, 6.45) is 0.258. The van der Waals surface area contributed by atoms with Gasteiger partial charge < -0.3 is 9.64 Å². The lowest BCUT2D eigenvalue weighted by atomic mass is 9.95. The monoisotopic (exact) mass is 186 g/mol. The third kappa shape index (κ3) is 2.59. The van der Waals surface area contributed by atoms with E-state index in [1.54, 1.807) is 4.90 Å². The zero-order valence-corrected chi connectivity index (χ0v) is 8.54. The van der Waals surface area contributed by atoms with Crippen LogP contribution in [-0.4, -0.2) is 30.3 Å². The Morgan fingerprint density at radius 2 is 2.00 bits per heavy atom. The SMILES string of the molecule is CC(C)(C)C(N)OC(=O)N1CCC1. The molecule has 0 bridgehead atoms. The summed E-state index contributed by atoms with van der Waals surface area (Å²) in [7, 11) is 0. The van der Waals surface area contributed by atoms with Gasteiger partial charge in [0.1, 0.15) is 0 Å². The van der Waals surface area contributed by atoms with Gasteiger partial charge >= 0.3 is 6.09 Å². The average molecular weight is 186 g/mol. The first kappa shape index (κ1) is 10.3. The lowest BCUT2D eigenvalue weighted by molar-refractivity contribution is 0.00377. The van der Waals surface area contributed by atoms with Crippen LogP contribution in [0.2, 0.25) is 0 Å². The van der Waals surface area contributed by atoms with E-state index in [-0.39, 0.29) is 11.5 Å². The third-order valence-corrected chi connectivity index (χ3v) is 2.20. The highest BCUT2D eigenvalue weighted by molar-refractivity contribution is 5.68. The normalized spacial score (nSPS) is 19.2. The van der Waals surface area contributed by atoms with Crippen molar-refractivity contribution in [3.8, 4) is 0 Å². The molecule has 0 radical (unpaired) electrons. The summed E-state index contributed by atoms with van der Waals surface area (Å²) in [6.45, 7) is 7.44. The second kappa shape index (κ2) is 3.54. The van der Waals surface area contributed by atoms with Crippen LogP contribution in [-0.2, 0) is 4.74 Å². The van der Waals surface area contributed by atoms with Crippen LogP contribution in [0.4, 0.5) is 4.79 Å². The van der Waals surface area contributed by atoms with Crippen LogP contribution >= 0.6 is 0 Å². The molecule has 1 atom stereocenters. The van der Waals surface area contributed by atoms with E-state index in [1.807, 2.05) is 20.8 Å². The molecule has 1 amide bonds. The molecule has 4 heteroatoms. The molecule has 0 aromatic heterocycles. The molecule has 0 aromatic carbocycles. The van der Waals surface area contributed by atoms with E-state index in [0.717, 1.165) is 19.5 Å². The van der Waals surface area contributed by atoms with Crippen LogP contribution in [0.15, 0.2) is 0 Å². The van der Waals surface area contributed by atoms with Gasteiger partial charge in [-0.1, -0.05) is 20.8 Å². The van der Waals surface area contributed by atoms with Crippen LogP contribution in [0.5, 0.6) is 0 Å². The van der Waals surface area contributed by atoms with Crippen molar-refractivity contribution >= 4 is 6.09 Å². The fourth-order valence-electron chi connectivity index (χ4n) is 0.859. The lowest BCUT2D eigenvalue weighted by Crippen LogP contribution is -2.47. The molecule has 1 heterocycles. The number of carbonyl (C=O) groups excluding carboxylic acids is 1. The van der Waals surface area contributed by atoms with Gasteiger partial charge in [-0.05, 0) is 6.42 Å². The molecule has 1 rings (SSSR count). The molecular weight excluding hydrogens is 168 g/mol. The van der Waals surface area contributed by atoms with Crippen molar-refractivity contribution in [2.24, 2.45) is 11.1 Å². The van der Waals surface area contributed by atoms with E-state index in [1.165, 1.54) is 0 Å². The second-order valence-electron chi connectivity index (χ2n) is 4.51. The van der Waals surface area contributed by atoms with Crippen molar-refractivity contribution in [1.29, 1.82) is 0 Å². The van der Waals surface area contributed by atoms with Gasteiger partial charge in [0.2, 0.25) is 0 Å². The van der Waals surface area contributed by atoms with Gasteiger partial charge in [-0.15, -0.1) is 0 Å². The fraction of sp³-hybridized carbons (Fsp3) is 0.889. The van der Waals surface area contributed by atoms with Gasteiger partial charge in [0.05, 0.1) is 0 Å². The molecule has 1 saturated heterocycles. The van der Waals surface area contributed by atoms with Crippen molar-refractivity contribution < 1.29 is 9.53 Å². The van der Waals surface area contributed by atoms with Gasteiger partial charge in [-0.2, -0.15) is 0 Å². The van der Waals surface area contributed by atoms with Gasteiger partial charge in [0, 0.05) is 18.5 Å². The molecule has 1 aliphatic heterocycles. The van der Waals surface area contributed by atoms with E-state index in [2.05, 4.69) is 0 Å². The van der Waals surface area contributed by atoms with Crippen molar-refractivity contribution in [3.63, 3.8) is 0 Å². The minimum absolute atomic E-state index is 0.194. The Labute approximate surface area is 79.0 Å². The number of hydrogen-bond donors (Lipinski definition) is 1. The summed E-state index contributed by atoms with van der Waals surface area (Å²) in [5.41, 5.74) is 5.50. The highest BCUT2D eigenvalue weighted by Crippen LogP contribution is 2.19. The van der Waals surface area contributed by atoms with E-state index in [4.69, 9.17) is 10.5 Å². The predicted octanol–water partition coefficient (Wildman–Crippen LogP) is 1.16. The Hall–Kier alpha value is -0.770. The number of rotatable bonds is 1. The second-order valence-corrected chi connectivity index (χ2v) is 4.51. The Morgan fingerprint density at radius 3 is 2.31 bits per heavy atom. The molecular formula is C9H18N2O2. The molecule has 76 valence electrons. The van der Waals surface area contributed by atoms with E-state index in [0.29, 0.717) is 0 Å². The highest BCUT2D eigenvalue weighted by Gasteiger charge is 2.28. The van der Waals surface area contributed by atoms with Crippen LogP contribution < -0.4 is 5.73 Å². The first-order chi connectivity index (χ1) is 5.91. The van der Waals surface area contributed by atoms with Gasteiger partial charge in [-0.25, -0.2) is 4.79 Å². The summed E-state index contributed by atoms with van der Waals surface area (Å²) in [4.78, 5) is 13.0. The predicted molar refractivity (Wildman–Crippen MR) is 50.1 cm³/mol. The molecule has 0 aromatic rings. The van der Waals surface area contributed by atoms with Crippen molar-refractivity contribution in [2.75, 3.05) is 13.1 Å². The van der Waals surface area contributed by atoms with Gasteiger partial charge in [0.25, 0.3) is 0 Å². The molecule has 13 heavy (non-hydrogen) atoms. The summed E-state index contributed by atoms with van der Waals surface area (Å²) >= 11 is 0. The summed E-state index contributed by atoms with van der Waals surface area (Å²) in [5.74, 6) is 0. The first-order valence-electron chi connectivity index (χ1n) is 4.62. The van der Waals surface area contributed by atoms with Crippen LogP contribution in [0.3, 0.4) is 0 Å². The molecule has 1 aliphatic rings. The number of amides is 1. The zero-order chi connectivity index (χ0) is 10.1. The molecule has 0 aliphatic carbocycles. The van der Waals surface area contributed by atoms with E-state index < -0.39 is 6.23 Å². The lowest BCUT2D eigenvalue weighted by Gasteiger charge is -2.33. The van der Waals surface area contributed by atoms with Crippen LogP contribution in [0.25, 0.3) is 0 Å². The number of carbonyl (C=O) groups is 1. The quantitative estimate of drug-likeness (QED) is 0.625. The highest BCUT2D eigenvalue weighted by atomic mass is 16.6. The fourth-order valence-corrected chi connectivity index (χ4v) is 0.859. The number of ether oxygens (including phenoxy) is 1. The Morgan fingerprint density at radius 1 is 1.46 bits per heavy atom. The average Bonchev–Trinajstić information content (AvgIpc) is 1.79. The summed E-state index contributed by atoms with van der Waals surface area (Å²) in [6, 6.07) is 0. The molecule has 0 saturated carbocycles. The molecule has 1 fully saturated rings. The Kier molecular flexibility index (Phi) is 2.81. The molecule has 1 unspecified atom stereocenters. The summed E-state index contributed by atoms with van der Waals surface area (Å²) in [5, 5.41) is 0. The van der Waals surface area contributed by atoms with Crippen LogP contribution in [0.1, 0.15) is 27.2 Å². The maximum Gasteiger partial charge on any atom is 0.411 e. The van der Waals surface area contributed by atoms with Crippen molar-refractivity contribution in [3.05, 3.63) is 0 Å². The number of hydrogen-bond acceptors (Lipinski definition) is 3. The Bertz CT molecular complexity index is 194. The molecule has 0 spiro atoms. The maximum atomic E-state index is 11.3. The Balaban J connectivity index is 2.35. The number of nitrogens with zero attached hydrogens (tertiary/aromatic N) is 1. The molecule has 4 nitrogen and oxygen atoms in total. The standard InChI is InChI=1S/C9H18N2O2/c1-9(2,3)7(10)13-8(12)11-5-4-6-11/h7H,4-6,10H2,1-3H3. The zero-order valence-electron chi connectivity index (χ0n) is 8.54. The van der Waals surface area contributed by atoms with E-state index in [9.17, 15) is 4.79 Å². The minimum Gasteiger partial charge on any atom is -0.430 e. The third-order valence-electron chi connectivity index (χ3n) is 2.20. The summed E-state index contributed by atoms with van der Waals surface area (Å²) < 4.78 is 5.08. The maximum absolute atomic E-state index is 11.3. The minimum atomic E-state index is -0.527. The van der Waals surface area contributed by atoms with Crippen molar-refractivity contribution in [1.82, 2.24) is 4.90 Å². The smallest absolute Gasteiger partial charge is 0.411 e. The van der Waals surface area contributed by atoms with Crippen molar-refractivity contribution in [2.45, 2.75) is 33.4 Å². The number of nitrogens with two attached hydrogens (primary N) is 1.